The van der Waals surface area contributed by atoms with Crippen molar-refractivity contribution in [3.8, 4) is 0 Å². The van der Waals surface area contributed by atoms with Gasteiger partial charge in [0.1, 0.15) is 0 Å². The van der Waals surface area contributed by atoms with Crippen LogP contribution in [-0.2, 0) is 6.42 Å². The number of rotatable bonds is 4. The molecule has 2 aromatic carbocycles. The summed E-state index contributed by atoms with van der Waals surface area (Å²) in [6, 6.07) is 14.2. The number of aryl methyl sites for hydroxylation is 1. The Morgan fingerprint density at radius 3 is 2.32 bits per heavy atom. The lowest BCUT2D eigenvalue weighted by Crippen LogP contribution is -2.18. The van der Waals surface area contributed by atoms with Crippen molar-refractivity contribution >= 4 is 23.2 Å². The van der Waals surface area contributed by atoms with Crippen molar-refractivity contribution in [2.75, 3.05) is 7.05 Å². The topological polar surface area (TPSA) is 12.0 Å². The average Bonchev–Trinajstić information content (AvgIpc) is 2.44. The van der Waals surface area contributed by atoms with Crippen LogP contribution >= 0.6 is 23.2 Å². The summed E-state index contributed by atoms with van der Waals surface area (Å²) in [5, 5.41) is 4.72. The molecule has 0 saturated heterocycles. The first kappa shape index (κ1) is 14.4. The predicted molar refractivity (Wildman–Crippen MR) is 83.2 cm³/mol. The molecule has 100 valence electrons. The fourth-order valence-corrected chi connectivity index (χ4v) is 2.59. The van der Waals surface area contributed by atoms with Crippen molar-refractivity contribution in [2.45, 2.75) is 19.4 Å². The molecule has 0 fully saturated rings. The number of nitrogens with one attached hydrogen (secondary N) is 1. The van der Waals surface area contributed by atoms with Crippen LogP contribution in [0.25, 0.3) is 0 Å². The number of benzene rings is 2. The summed E-state index contributed by atoms with van der Waals surface area (Å²) in [7, 11) is 1.93. The molecule has 19 heavy (non-hydrogen) atoms. The molecular weight excluding hydrogens is 277 g/mol. The molecule has 0 saturated carbocycles. The Morgan fingerprint density at radius 1 is 1.05 bits per heavy atom. The third kappa shape index (κ3) is 3.30. The first-order valence-corrected chi connectivity index (χ1v) is 7.12. The van der Waals surface area contributed by atoms with Crippen molar-refractivity contribution in [3.63, 3.8) is 0 Å². The highest BCUT2D eigenvalue weighted by Crippen LogP contribution is 2.30. The van der Waals surface area contributed by atoms with Crippen LogP contribution in [0.15, 0.2) is 42.5 Å². The summed E-state index contributed by atoms with van der Waals surface area (Å²) in [5.74, 6) is 0. The van der Waals surface area contributed by atoms with Gasteiger partial charge in [-0.1, -0.05) is 54.4 Å². The van der Waals surface area contributed by atoms with Crippen LogP contribution in [0.4, 0.5) is 0 Å². The van der Waals surface area contributed by atoms with E-state index in [4.69, 9.17) is 23.2 Å². The van der Waals surface area contributed by atoms with Crippen LogP contribution in [0.1, 0.15) is 29.7 Å². The van der Waals surface area contributed by atoms with Crippen molar-refractivity contribution in [1.29, 1.82) is 0 Å². The molecule has 0 radical (unpaired) electrons. The highest BCUT2D eigenvalue weighted by atomic mass is 35.5. The Morgan fingerprint density at radius 2 is 1.74 bits per heavy atom. The van der Waals surface area contributed by atoms with Crippen LogP contribution in [0.3, 0.4) is 0 Å². The Labute approximate surface area is 124 Å². The Hall–Kier alpha value is -1.02. The summed E-state index contributed by atoms with van der Waals surface area (Å²) >= 11 is 12.3. The van der Waals surface area contributed by atoms with Gasteiger partial charge in [0.25, 0.3) is 0 Å². The van der Waals surface area contributed by atoms with Gasteiger partial charge in [0.15, 0.2) is 0 Å². The monoisotopic (exact) mass is 293 g/mol. The predicted octanol–water partition coefficient (Wildman–Crippen LogP) is 4.86. The summed E-state index contributed by atoms with van der Waals surface area (Å²) in [6.07, 6.45) is 1.04. The van der Waals surface area contributed by atoms with Gasteiger partial charge < -0.3 is 5.32 Å². The maximum Gasteiger partial charge on any atom is 0.0589 e. The second kappa shape index (κ2) is 6.42. The lowest BCUT2D eigenvalue weighted by atomic mass is 9.97. The number of halogens is 2. The molecule has 1 unspecified atom stereocenters. The zero-order chi connectivity index (χ0) is 13.8. The molecule has 0 spiro atoms. The largest absolute Gasteiger partial charge is 0.309 e. The van der Waals surface area contributed by atoms with Gasteiger partial charge in [-0.3, -0.25) is 0 Å². The minimum Gasteiger partial charge on any atom is -0.309 e. The quantitative estimate of drug-likeness (QED) is 0.848. The van der Waals surface area contributed by atoms with E-state index in [1.165, 1.54) is 11.1 Å². The van der Waals surface area contributed by atoms with E-state index < -0.39 is 0 Å². The van der Waals surface area contributed by atoms with Gasteiger partial charge in [0.05, 0.1) is 6.04 Å². The van der Waals surface area contributed by atoms with Crippen molar-refractivity contribution in [3.05, 3.63) is 69.2 Å². The van der Waals surface area contributed by atoms with Crippen LogP contribution < -0.4 is 5.32 Å². The van der Waals surface area contributed by atoms with Crippen LogP contribution in [0, 0.1) is 0 Å². The van der Waals surface area contributed by atoms with E-state index >= 15 is 0 Å². The van der Waals surface area contributed by atoms with Crippen molar-refractivity contribution in [1.82, 2.24) is 5.32 Å². The van der Waals surface area contributed by atoms with Gasteiger partial charge in [-0.2, -0.15) is 0 Å². The number of hydrogen-bond acceptors (Lipinski definition) is 1. The maximum atomic E-state index is 6.28. The molecule has 0 aliphatic rings. The van der Waals surface area contributed by atoms with E-state index in [1.807, 2.05) is 19.2 Å². The van der Waals surface area contributed by atoms with Gasteiger partial charge in [0, 0.05) is 10.0 Å². The molecule has 0 aromatic heterocycles. The zero-order valence-electron chi connectivity index (χ0n) is 11.1. The summed E-state index contributed by atoms with van der Waals surface area (Å²) < 4.78 is 0. The number of hydrogen-bond donors (Lipinski definition) is 1. The SMILES string of the molecule is CCc1ccc(C(NC)c2cc(Cl)ccc2Cl)cc1. The van der Waals surface area contributed by atoms with Gasteiger partial charge in [0.2, 0.25) is 0 Å². The van der Waals surface area contributed by atoms with Crippen LogP contribution in [0.5, 0.6) is 0 Å². The first-order chi connectivity index (χ1) is 9.15. The second-order valence-corrected chi connectivity index (χ2v) is 5.33. The smallest absolute Gasteiger partial charge is 0.0589 e. The molecule has 1 nitrogen and oxygen atoms in total. The van der Waals surface area contributed by atoms with E-state index in [2.05, 4.69) is 36.5 Å². The van der Waals surface area contributed by atoms with E-state index in [9.17, 15) is 0 Å². The van der Waals surface area contributed by atoms with Crippen LogP contribution in [0.2, 0.25) is 10.0 Å². The molecule has 1 N–H and O–H groups in total. The van der Waals surface area contributed by atoms with Gasteiger partial charge in [-0.05, 0) is 48.4 Å². The normalized spacial score (nSPS) is 12.4. The van der Waals surface area contributed by atoms with E-state index in [0.717, 1.165) is 17.0 Å². The molecule has 2 aromatic rings. The summed E-state index contributed by atoms with van der Waals surface area (Å²) in [4.78, 5) is 0. The highest BCUT2D eigenvalue weighted by molar-refractivity contribution is 6.33. The van der Waals surface area contributed by atoms with E-state index in [0.29, 0.717) is 5.02 Å². The lowest BCUT2D eigenvalue weighted by Gasteiger charge is -2.19. The van der Waals surface area contributed by atoms with Gasteiger partial charge in [-0.15, -0.1) is 0 Å². The molecule has 0 bridgehead atoms. The summed E-state index contributed by atoms with van der Waals surface area (Å²) in [6.45, 7) is 2.15. The standard InChI is InChI=1S/C16H17Cl2N/c1-3-11-4-6-12(7-5-11)16(19-2)14-10-13(17)8-9-15(14)18/h4-10,16,19H,3H2,1-2H3. The molecule has 0 aliphatic heterocycles. The molecule has 3 heteroatoms. The third-order valence-corrected chi connectivity index (χ3v) is 3.86. The zero-order valence-corrected chi connectivity index (χ0v) is 12.6. The molecule has 1 atom stereocenters. The van der Waals surface area contributed by atoms with Crippen LogP contribution in [-0.4, -0.2) is 7.05 Å². The average molecular weight is 294 g/mol. The Bertz CT molecular complexity index is 549. The fraction of sp³-hybridized carbons (Fsp3) is 0.250. The van der Waals surface area contributed by atoms with Crippen molar-refractivity contribution < 1.29 is 0 Å². The Kier molecular flexibility index (Phi) is 4.87. The fourth-order valence-electron chi connectivity index (χ4n) is 2.18. The van der Waals surface area contributed by atoms with Gasteiger partial charge >= 0.3 is 0 Å². The second-order valence-electron chi connectivity index (χ2n) is 4.48. The minimum atomic E-state index is 0.0529. The highest BCUT2D eigenvalue weighted by Gasteiger charge is 2.15. The third-order valence-electron chi connectivity index (χ3n) is 3.28. The molecule has 0 amide bonds. The summed E-state index contributed by atoms with van der Waals surface area (Å²) in [5.41, 5.74) is 3.51. The molecule has 0 heterocycles. The maximum absolute atomic E-state index is 6.28. The van der Waals surface area contributed by atoms with E-state index in [1.54, 1.807) is 6.07 Å². The lowest BCUT2D eigenvalue weighted by molar-refractivity contribution is 0.692. The molecular formula is C16H17Cl2N. The Balaban J connectivity index is 2.40. The van der Waals surface area contributed by atoms with Gasteiger partial charge in [-0.25, -0.2) is 0 Å². The molecule has 2 rings (SSSR count). The minimum absolute atomic E-state index is 0.0529. The van der Waals surface area contributed by atoms with E-state index in [-0.39, 0.29) is 6.04 Å². The van der Waals surface area contributed by atoms with Crippen molar-refractivity contribution in [2.24, 2.45) is 0 Å². The molecule has 0 aliphatic carbocycles. The first-order valence-electron chi connectivity index (χ1n) is 6.36.